The van der Waals surface area contributed by atoms with Gasteiger partial charge in [-0.3, -0.25) is 4.98 Å². The topological polar surface area (TPSA) is 24.9 Å². The van der Waals surface area contributed by atoms with Gasteiger partial charge in [0.2, 0.25) is 0 Å². The van der Waals surface area contributed by atoms with Crippen molar-refractivity contribution in [2.45, 2.75) is 52.0 Å². The van der Waals surface area contributed by atoms with E-state index in [4.69, 9.17) is 4.98 Å². The van der Waals surface area contributed by atoms with Crippen molar-refractivity contribution < 1.29 is 0 Å². The molecule has 2 nitrogen and oxygen atoms in total. The van der Waals surface area contributed by atoms with Crippen molar-refractivity contribution in [3.63, 3.8) is 0 Å². The van der Waals surface area contributed by atoms with Crippen molar-refractivity contribution >= 4 is 16.6 Å². The lowest BCUT2D eigenvalue weighted by Gasteiger charge is -2.28. The maximum Gasteiger partial charge on any atom is 0.0939 e. The van der Waals surface area contributed by atoms with Crippen LogP contribution >= 0.6 is 0 Å². The lowest BCUT2D eigenvalue weighted by molar-refractivity contribution is 0.558. The third-order valence-electron chi connectivity index (χ3n) is 4.10. The van der Waals surface area contributed by atoms with Crippen molar-refractivity contribution in [1.29, 1.82) is 0 Å². The maximum absolute atomic E-state index is 4.74. The zero-order valence-corrected chi connectivity index (χ0v) is 11.9. The number of aryl methyl sites for hydroxylation is 2. The monoisotopic (exact) mass is 254 g/mol. The summed E-state index contributed by atoms with van der Waals surface area (Å²) < 4.78 is 0. The van der Waals surface area contributed by atoms with Crippen molar-refractivity contribution in [2.75, 3.05) is 5.32 Å². The molecule has 100 valence electrons. The largest absolute Gasteiger partial charge is 0.380 e. The summed E-state index contributed by atoms with van der Waals surface area (Å²) >= 11 is 0. The third kappa shape index (κ3) is 2.44. The molecular formula is C17H22N2. The summed E-state index contributed by atoms with van der Waals surface area (Å²) in [5, 5.41) is 4.98. The Labute approximate surface area is 115 Å². The van der Waals surface area contributed by atoms with Gasteiger partial charge in [-0.15, -0.1) is 0 Å². The first kappa shape index (κ1) is 12.5. The fourth-order valence-electron chi connectivity index (χ4n) is 2.97. The minimum Gasteiger partial charge on any atom is -0.380 e. The number of hydrogen-bond donors (Lipinski definition) is 1. The molecule has 1 unspecified atom stereocenters. The normalized spacial score (nSPS) is 18.1. The predicted octanol–water partition coefficient (Wildman–Crippen LogP) is 4.46. The van der Waals surface area contributed by atoms with E-state index in [9.17, 15) is 0 Å². The van der Waals surface area contributed by atoms with Crippen LogP contribution in [0, 0.1) is 6.92 Å². The van der Waals surface area contributed by atoms with Gasteiger partial charge in [0.05, 0.1) is 11.2 Å². The zero-order chi connectivity index (χ0) is 13.2. The number of aromatic nitrogens is 1. The zero-order valence-electron chi connectivity index (χ0n) is 11.9. The Kier molecular flexibility index (Phi) is 3.41. The molecule has 2 heteroatoms. The lowest BCUT2D eigenvalue weighted by atomic mass is 9.93. The molecule has 0 spiro atoms. The standard InChI is InChI=1S/C17H22N2/c1-3-4-5-15-11-10-14-9-8-13-7-6-12(2)18-16(13)17(14)19-15/h6-9,15,19H,3-5,10-11H2,1-2H3. The first-order valence-electron chi connectivity index (χ1n) is 7.43. The van der Waals surface area contributed by atoms with E-state index in [1.54, 1.807) is 0 Å². The SMILES string of the molecule is CCCCC1CCc2ccc3ccc(C)nc3c2N1. The lowest BCUT2D eigenvalue weighted by Crippen LogP contribution is -2.25. The van der Waals surface area contributed by atoms with Crippen LogP contribution in [0.4, 0.5) is 5.69 Å². The van der Waals surface area contributed by atoms with Gasteiger partial charge < -0.3 is 5.32 Å². The molecule has 0 aliphatic carbocycles. The highest BCUT2D eigenvalue weighted by Crippen LogP contribution is 2.32. The Morgan fingerprint density at radius 1 is 1.26 bits per heavy atom. The van der Waals surface area contributed by atoms with Gasteiger partial charge in [-0.2, -0.15) is 0 Å². The molecule has 1 aliphatic heterocycles. The first-order valence-corrected chi connectivity index (χ1v) is 7.43. The molecule has 0 fully saturated rings. The molecule has 1 N–H and O–H groups in total. The van der Waals surface area contributed by atoms with E-state index in [1.165, 1.54) is 48.7 Å². The van der Waals surface area contributed by atoms with Gasteiger partial charge in [0, 0.05) is 17.1 Å². The van der Waals surface area contributed by atoms with Crippen molar-refractivity contribution in [2.24, 2.45) is 0 Å². The Hall–Kier alpha value is -1.57. The molecule has 2 heterocycles. The molecule has 0 bridgehead atoms. The van der Waals surface area contributed by atoms with E-state index in [2.05, 4.69) is 43.4 Å². The van der Waals surface area contributed by atoms with Crippen LogP contribution in [0.5, 0.6) is 0 Å². The summed E-state index contributed by atoms with van der Waals surface area (Å²) in [5.74, 6) is 0. The van der Waals surface area contributed by atoms with Gasteiger partial charge in [-0.05, 0) is 37.8 Å². The molecule has 3 rings (SSSR count). The molecule has 1 atom stereocenters. The minimum atomic E-state index is 0.625. The second-order valence-corrected chi connectivity index (χ2v) is 5.65. The van der Waals surface area contributed by atoms with Crippen molar-refractivity contribution in [1.82, 2.24) is 4.98 Å². The molecule has 0 radical (unpaired) electrons. The number of nitrogens with one attached hydrogen (secondary N) is 1. The molecule has 2 aromatic rings. The molecule has 0 saturated heterocycles. The van der Waals surface area contributed by atoms with E-state index in [0.717, 1.165) is 11.2 Å². The summed E-state index contributed by atoms with van der Waals surface area (Å²) in [6.45, 7) is 4.33. The summed E-state index contributed by atoms with van der Waals surface area (Å²) in [6.07, 6.45) is 6.30. The van der Waals surface area contributed by atoms with Gasteiger partial charge in [0.15, 0.2) is 0 Å². The highest BCUT2D eigenvalue weighted by atomic mass is 14.9. The number of hydrogen-bond acceptors (Lipinski definition) is 2. The van der Waals surface area contributed by atoms with E-state index in [0.29, 0.717) is 6.04 Å². The summed E-state index contributed by atoms with van der Waals surface area (Å²) in [7, 11) is 0. The Morgan fingerprint density at radius 3 is 2.95 bits per heavy atom. The summed E-state index contributed by atoms with van der Waals surface area (Å²) in [6, 6.07) is 9.36. The van der Waals surface area contributed by atoms with Crippen LogP contribution in [0.25, 0.3) is 10.9 Å². The quantitative estimate of drug-likeness (QED) is 0.874. The Bertz CT molecular complexity index is 589. The molecular weight excluding hydrogens is 232 g/mol. The average molecular weight is 254 g/mol. The van der Waals surface area contributed by atoms with E-state index >= 15 is 0 Å². The highest BCUT2D eigenvalue weighted by Gasteiger charge is 2.19. The van der Waals surface area contributed by atoms with Gasteiger partial charge >= 0.3 is 0 Å². The molecule has 0 saturated carbocycles. The summed E-state index contributed by atoms with van der Waals surface area (Å²) in [5.41, 5.74) is 4.96. The molecule has 1 aromatic heterocycles. The number of benzene rings is 1. The third-order valence-corrected chi connectivity index (χ3v) is 4.10. The van der Waals surface area contributed by atoms with Crippen LogP contribution in [-0.2, 0) is 6.42 Å². The number of unbranched alkanes of at least 4 members (excludes halogenated alkanes) is 1. The van der Waals surface area contributed by atoms with Crippen LogP contribution in [0.15, 0.2) is 24.3 Å². The second-order valence-electron chi connectivity index (χ2n) is 5.65. The number of nitrogens with zero attached hydrogens (tertiary/aromatic N) is 1. The maximum atomic E-state index is 4.74. The fraction of sp³-hybridized carbons (Fsp3) is 0.471. The number of anilines is 1. The average Bonchev–Trinajstić information content (AvgIpc) is 2.44. The first-order chi connectivity index (χ1) is 9.28. The molecule has 19 heavy (non-hydrogen) atoms. The number of fused-ring (bicyclic) bond motifs is 3. The van der Waals surface area contributed by atoms with Crippen molar-refractivity contribution in [3.8, 4) is 0 Å². The second kappa shape index (κ2) is 5.20. The van der Waals surface area contributed by atoms with E-state index < -0.39 is 0 Å². The highest BCUT2D eigenvalue weighted by molar-refractivity contribution is 5.92. The van der Waals surface area contributed by atoms with E-state index in [-0.39, 0.29) is 0 Å². The fourth-order valence-corrected chi connectivity index (χ4v) is 2.97. The molecule has 1 aromatic carbocycles. The summed E-state index contributed by atoms with van der Waals surface area (Å²) in [4.78, 5) is 4.74. The van der Waals surface area contributed by atoms with Gasteiger partial charge in [-0.1, -0.05) is 38.0 Å². The Balaban J connectivity index is 1.98. The van der Waals surface area contributed by atoms with Crippen LogP contribution in [-0.4, -0.2) is 11.0 Å². The van der Waals surface area contributed by atoms with Crippen molar-refractivity contribution in [3.05, 3.63) is 35.5 Å². The molecule has 0 amide bonds. The van der Waals surface area contributed by atoms with Crippen LogP contribution in [0.3, 0.4) is 0 Å². The van der Waals surface area contributed by atoms with Crippen LogP contribution in [0.1, 0.15) is 43.9 Å². The van der Waals surface area contributed by atoms with E-state index in [1.807, 2.05) is 0 Å². The molecule has 1 aliphatic rings. The van der Waals surface area contributed by atoms with Gasteiger partial charge in [-0.25, -0.2) is 0 Å². The smallest absolute Gasteiger partial charge is 0.0939 e. The minimum absolute atomic E-state index is 0.625. The number of pyridine rings is 1. The van der Waals surface area contributed by atoms with Crippen LogP contribution < -0.4 is 5.32 Å². The Morgan fingerprint density at radius 2 is 2.11 bits per heavy atom. The predicted molar refractivity (Wildman–Crippen MR) is 81.7 cm³/mol. The van der Waals surface area contributed by atoms with Gasteiger partial charge in [0.25, 0.3) is 0 Å². The number of rotatable bonds is 3. The van der Waals surface area contributed by atoms with Crippen LogP contribution in [0.2, 0.25) is 0 Å². The van der Waals surface area contributed by atoms with Gasteiger partial charge in [0.1, 0.15) is 0 Å².